The first-order chi connectivity index (χ1) is 7.25. The van der Waals surface area contributed by atoms with Crippen molar-refractivity contribution in [2.24, 2.45) is 0 Å². The third kappa shape index (κ3) is 2.55. The summed E-state index contributed by atoms with van der Waals surface area (Å²) < 4.78 is 5.06. The van der Waals surface area contributed by atoms with Gasteiger partial charge in [-0.2, -0.15) is 0 Å². The van der Waals surface area contributed by atoms with Crippen molar-refractivity contribution < 1.29 is 9.53 Å². The number of carbonyl (C=O) groups is 1. The van der Waals surface area contributed by atoms with E-state index < -0.39 is 0 Å². The van der Waals surface area contributed by atoms with E-state index in [1.807, 2.05) is 5.38 Å². The topological polar surface area (TPSA) is 39.2 Å². The van der Waals surface area contributed by atoms with Crippen molar-refractivity contribution in [3.63, 3.8) is 0 Å². The number of esters is 1. The average Bonchev–Trinajstić information content (AvgIpc) is 2.74. The second-order valence-electron chi connectivity index (χ2n) is 2.68. The maximum absolute atomic E-state index is 11.5. The van der Waals surface area contributed by atoms with Crippen molar-refractivity contribution >= 4 is 28.9 Å². The zero-order valence-corrected chi connectivity index (χ0v) is 9.09. The van der Waals surface area contributed by atoms with Gasteiger partial charge in [0.15, 0.2) is 0 Å². The molecule has 15 heavy (non-hydrogen) atoms. The molecule has 0 unspecified atom stereocenters. The molecule has 2 aromatic rings. The number of ether oxygens (including phenoxy) is 1. The minimum absolute atomic E-state index is 0.367. The van der Waals surface area contributed by atoms with Gasteiger partial charge in [-0.3, -0.25) is 0 Å². The molecule has 0 bridgehead atoms. The van der Waals surface area contributed by atoms with Gasteiger partial charge in [0.05, 0.1) is 6.20 Å². The van der Waals surface area contributed by atoms with Gasteiger partial charge in [0.1, 0.15) is 15.8 Å². The van der Waals surface area contributed by atoms with Crippen molar-refractivity contribution in [1.29, 1.82) is 0 Å². The number of aromatic nitrogens is 1. The number of halogens is 1. The first kappa shape index (κ1) is 10.1. The van der Waals surface area contributed by atoms with Crippen LogP contribution in [-0.4, -0.2) is 11.0 Å². The largest absolute Gasteiger partial charge is 0.421 e. The van der Waals surface area contributed by atoms with Crippen LogP contribution in [0.5, 0.6) is 5.75 Å². The molecule has 0 radical (unpaired) electrons. The third-order valence-corrected chi connectivity index (χ3v) is 2.71. The minimum Gasteiger partial charge on any atom is -0.421 e. The lowest BCUT2D eigenvalue weighted by Gasteiger charge is -2.01. The van der Waals surface area contributed by atoms with Gasteiger partial charge in [-0.25, -0.2) is 9.78 Å². The molecule has 0 saturated heterocycles. The highest BCUT2D eigenvalue weighted by atomic mass is 35.5. The van der Waals surface area contributed by atoms with Crippen LogP contribution in [0.15, 0.2) is 35.8 Å². The van der Waals surface area contributed by atoms with Crippen LogP contribution in [-0.2, 0) is 0 Å². The molecular weight excluding hydrogens is 234 g/mol. The van der Waals surface area contributed by atoms with Gasteiger partial charge >= 0.3 is 5.97 Å². The van der Waals surface area contributed by atoms with E-state index in [0.29, 0.717) is 15.8 Å². The smallest absolute Gasteiger partial charge is 0.353 e. The molecule has 0 aromatic carbocycles. The van der Waals surface area contributed by atoms with E-state index in [9.17, 15) is 4.79 Å². The van der Waals surface area contributed by atoms with E-state index >= 15 is 0 Å². The molecule has 0 spiro atoms. The second kappa shape index (κ2) is 4.42. The molecule has 0 N–H and O–H groups in total. The Kier molecular flexibility index (Phi) is 2.99. The number of thiophene rings is 1. The van der Waals surface area contributed by atoms with Crippen molar-refractivity contribution in [3.05, 3.63) is 45.9 Å². The van der Waals surface area contributed by atoms with Gasteiger partial charge in [-0.05, 0) is 23.6 Å². The molecular formula is C10H6ClNO2S. The predicted octanol–water partition coefficient (Wildman–Crippen LogP) is 3.02. The fourth-order valence-corrected chi connectivity index (χ4v) is 1.69. The van der Waals surface area contributed by atoms with Gasteiger partial charge in [0.25, 0.3) is 0 Å². The molecule has 0 saturated carbocycles. The Morgan fingerprint density at radius 1 is 1.40 bits per heavy atom. The lowest BCUT2D eigenvalue weighted by atomic mass is 10.4. The molecule has 0 amide bonds. The summed E-state index contributed by atoms with van der Waals surface area (Å²) in [7, 11) is 0. The maximum atomic E-state index is 11.5. The summed E-state index contributed by atoms with van der Waals surface area (Å²) in [5.41, 5.74) is 0. The van der Waals surface area contributed by atoms with Gasteiger partial charge < -0.3 is 4.74 Å². The molecule has 2 rings (SSSR count). The SMILES string of the molecule is O=C(Oc1ccc(Cl)nc1)c1cccs1. The molecule has 3 nitrogen and oxygen atoms in total. The lowest BCUT2D eigenvalue weighted by molar-refractivity contribution is 0.0739. The highest BCUT2D eigenvalue weighted by Crippen LogP contribution is 2.16. The van der Waals surface area contributed by atoms with Crippen LogP contribution in [0.1, 0.15) is 9.67 Å². The molecule has 0 aliphatic heterocycles. The molecule has 0 atom stereocenters. The van der Waals surface area contributed by atoms with Crippen LogP contribution in [0.3, 0.4) is 0 Å². The standard InChI is InChI=1S/C10H6ClNO2S/c11-9-4-3-7(6-12-9)14-10(13)8-2-1-5-15-8/h1-6H. The van der Waals surface area contributed by atoms with E-state index in [2.05, 4.69) is 4.98 Å². The predicted molar refractivity (Wildman–Crippen MR) is 58.5 cm³/mol. The first-order valence-electron chi connectivity index (χ1n) is 4.13. The monoisotopic (exact) mass is 239 g/mol. The number of hydrogen-bond acceptors (Lipinski definition) is 4. The molecule has 5 heteroatoms. The van der Waals surface area contributed by atoms with E-state index in [1.165, 1.54) is 17.5 Å². The van der Waals surface area contributed by atoms with Crippen molar-refractivity contribution in [2.45, 2.75) is 0 Å². The molecule has 0 fully saturated rings. The van der Waals surface area contributed by atoms with Crippen LogP contribution in [0, 0.1) is 0 Å². The summed E-state index contributed by atoms with van der Waals surface area (Å²) in [6.45, 7) is 0. The zero-order valence-electron chi connectivity index (χ0n) is 7.51. The van der Waals surface area contributed by atoms with E-state index in [-0.39, 0.29) is 5.97 Å². The average molecular weight is 240 g/mol. The Balaban J connectivity index is 2.09. The lowest BCUT2D eigenvalue weighted by Crippen LogP contribution is -2.06. The van der Waals surface area contributed by atoms with Crippen molar-refractivity contribution in [3.8, 4) is 5.75 Å². The number of hydrogen-bond donors (Lipinski definition) is 0. The highest BCUT2D eigenvalue weighted by molar-refractivity contribution is 7.12. The summed E-state index contributed by atoms with van der Waals surface area (Å²) in [6, 6.07) is 6.66. The minimum atomic E-state index is -0.380. The van der Waals surface area contributed by atoms with Crippen LogP contribution in [0.2, 0.25) is 5.15 Å². The molecule has 2 aromatic heterocycles. The van der Waals surface area contributed by atoms with E-state index in [0.717, 1.165) is 0 Å². The van der Waals surface area contributed by atoms with Gasteiger partial charge in [-0.15, -0.1) is 11.3 Å². The molecule has 0 aliphatic carbocycles. The fraction of sp³-hybridized carbons (Fsp3) is 0. The maximum Gasteiger partial charge on any atom is 0.353 e. The van der Waals surface area contributed by atoms with E-state index in [4.69, 9.17) is 16.3 Å². The first-order valence-corrected chi connectivity index (χ1v) is 5.39. The highest BCUT2D eigenvalue weighted by Gasteiger charge is 2.09. The number of pyridine rings is 1. The summed E-state index contributed by atoms with van der Waals surface area (Å²) in [4.78, 5) is 15.9. The summed E-state index contributed by atoms with van der Waals surface area (Å²) in [6.07, 6.45) is 1.41. The Morgan fingerprint density at radius 3 is 2.87 bits per heavy atom. The Morgan fingerprint density at radius 2 is 2.27 bits per heavy atom. The number of carbonyl (C=O) groups excluding carboxylic acids is 1. The van der Waals surface area contributed by atoms with Crippen LogP contribution in [0.4, 0.5) is 0 Å². The molecule has 0 aliphatic rings. The zero-order chi connectivity index (χ0) is 10.7. The Labute approximate surface area is 95.3 Å². The fourth-order valence-electron chi connectivity index (χ4n) is 0.975. The number of rotatable bonds is 2. The third-order valence-electron chi connectivity index (χ3n) is 1.63. The van der Waals surface area contributed by atoms with Crippen molar-refractivity contribution in [1.82, 2.24) is 4.98 Å². The van der Waals surface area contributed by atoms with E-state index in [1.54, 1.807) is 24.3 Å². The second-order valence-corrected chi connectivity index (χ2v) is 4.02. The molecule has 2 heterocycles. The molecule has 76 valence electrons. The van der Waals surface area contributed by atoms with Crippen LogP contribution >= 0.6 is 22.9 Å². The van der Waals surface area contributed by atoms with Gasteiger partial charge in [0, 0.05) is 0 Å². The van der Waals surface area contributed by atoms with Crippen LogP contribution in [0.25, 0.3) is 0 Å². The Hall–Kier alpha value is -1.39. The Bertz CT molecular complexity index is 453. The van der Waals surface area contributed by atoms with Gasteiger partial charge in [0.2, 0.25) is 0 Å². The van der Waals surface area contributed by atoms with Crippen molar-refractivity contribution in [2.75, 3.05) is 0 Å². The normalized spacial score (nSPS) is 9.93. The summed E-state index contributed by atoms with van der Waals surface area (Å²) >= 11 is 6.93. The van der Waals surface area contributed by atoms with Crippen LogP contribution < -0.4 is 4.74 Å². The quantitative estimate of drug-likeness (QED) is 0.597. The number of nitrogens with zero attached hydrogens (tertiary/aromatic N) is 1. The van der Waals surface area contributed by atoms with Gasteiger partial charge in [-0.1, -0.05) is 17.7 Å². The summed E-state index contributed by atoms with van der Waals surface area (Å²) in [5.74, 6) is 0.00641. The summed E-state index contributed by atoms with van der Waals surface area (Å²) in [5, 5.41) is 2.18.